The molecule has 0 spiro atoms. The zero-order valence-electron chi connectivity index (χ0n) is 17.0. The highest BCUT2D eigenvalue weighted by atomic mass is 32.1. The molecule has 0 bridgehead atoms. The molecule has 6 nitrogen and oxygen atoms in total. The number of fused-ring (bicyclic) bond motifs is 1. The van der Waals surface area contributed by atoms with Crippen LogP contribution in [0.3, 0.4) is 0 Å². The van der Waals surface area contributed by atoms with Crippen molar-refractivity contribution in [2.24, 2.45) is 0 Å². The van der Waals surface area contributed by atoms with Crippen LogP contribution in [0.4, 0.5) is 5.13 Å². The smallest absolute Gasteiger partial charge is 0.301 e. The van der Waals surface area contributed by atoms with Gasteiger partial charge in [-0.2, -0.15) is 0 Å². The van der Waals surface area contributed by atoms with Gasteiger partial charge in [-0.3, -0.25) is 14.5 Å². The number of para-hydroxylation sites is 1. The molecule has 0 radical (unpaired) electrons. The number of aromatic hydroxyl groups is 1. The highest BCUT2D eigenvalue weighted by molar-refractivity contribution is 7.22. The zero-order valence-corrected chi connectivity index (χ0v) is 17.8. The Morgan fingerprint density at radius 3 is 2.34 bits per heavy atom. The fourth-order valence-corrected chi connectivity index (χ4v) is 4.82. The van der Waals surface area contributed by atoms with E-state index in [1.54, 1.807) is 24.3 Å². The van der Waals surface area contributed by atoms with Crippen molar-refractivity contribution in [3.8, 4) is 5.75 Å². The molecule has 1 atom stereocenters. The van der Waals surface area contributed by atoms with E-state index < -0.39 is 17.7 Å². The second-order valence-corrected chi connectivity index (χ2v) is 8.60. The van der Waals surface area contributed by atoms with Gasteiger partial charge in [0.25, 0.3) is 5.78 Å². The van der Waals surface area contributed by atoms with Gasteiger partial charge in [0.15, 0.2) is 5.13 Å². The fraction of sp³-hybridized carbons (Fsp3) is 0.0800. The summed E-state index contributed by atoms with van der Waals surface area (Å²) in [5, 5.41) is 21.2. The van der Waals surface area contributed by atoms with Crippen LogP contribution in [-0.2, 0) is 9.59 Å². The van der Waals surface area contributed by atoms with Gasteiger partial charge in [-0.05, 0) is 36.8 Å². The van der Waals surface area contributed by atoms with E-state index in [-0.39, 0.29) is 17.1 Å². The lowest BCUT2D eigenvalue weighted by molar-refractivity contribution is -0.132. The number of phenolic OH excluding ortho intramolecular Hbond substituents is 1. The van der Waals surface area contributed by atoms with E-state index >= 15 is 0 Å². The van der Waals surface area contributed by atoms with Crippen molar-refractivity contribution in [3.63, 3.8) is 0 Å². The molecule has 7 heteroatoms. The lowest BCUT2D eigenvalue weighted by Gasteiger charge is -2.23. The SMILES string of the molecule is Cc1ccc(C(O)=C2C(=O)C(=O)N(c3nc4ccccc4s3)[C@H]2c2ccc(O)cc2)cc1. The van der Waals surface area contributed by atoms with E-state index in [0.717, 1.165) is 15.8 Å². The molecule has 2 heterocycles. The Bertz CT molecular complexity index is 1350. The number of Topliss-reactive ketones (excluding diaryl/α,β-unsaturated/α-hetero) is 1. The molecule has 0 saturated carbocycles. The standard InChI is InChI=1S/C25H18N2O4S/c1-14-6-8-16(9-7-14)22(29)20-21(15-10-12-17(28)13-11-15)27(24(31)23(20)30)25-26-18-4-2-3-5-19(18)32-25/h2-13,21,28-29H,1H3/t21-/m0/s1. The van der Waals surface area contributed by atoms with Crippen molar-refractivity contribution in [1.82, 2.24) is 4.98 Å². The Labute approximate surface area is 187 Å². The quantitative estimate of drug-likeness (QED) is 0.267. The number of aryl methyl sites for hydroxylation is 1. The largest absolute Gasteiger partial charge is 0.508 e. The lowest BCUT2D eigenvalue weighted by Crippen LogP contribution is -2.29. The molecule has 1 aromatic heterocycles. The summed E-state index contributed by atoms with van der Waals surface area (Å²) < 4.78 is 0.882. The Morgan fingerprint density at radius 1 is 0.969 bits per heavy atom. The third-order valence-corrected chi connectivity index (χ3v) is 6.50. The first-order valence-corrected chi connectivity index (χ1v) is 10.8. The molecule has 32 heavy (non-hydrogen) atoms. The summed E-state index contributed by atoms with van der Waals surface area (Å²) in [6.45, 7) is 1.92. The monoisotopic (exact) mass is 442 g/mol. The number of hydrogen-bond donors (Lipinski definition) is 2. The number of phenols is 1. The molecule has 1 saturated heterocycles. The first-order chi connectivity index (χ1) is 15.4. The minimum Gasteiger partial charge on any atom is -0.508 e. The Balaban J connectivity index is 1.73. The molecular formula is C25H18N2O4S. The fourth-order valence-electron chi connectivity index (χ4n) is 3.83. The number of aliphatic hydroxyl groups excluding tert-OH is 1. The maximum absolute atomic E-state index is 13.2. The van der Waals surface area contributed by atoms with Crippen molar-refractivity contribution in [1.29, 1.82) is 0 Å². The van der Waals surface area contributed by atoms with Crippen molar-refractivity contribution < 1.29 is 19.8 Å². The molecule has 158 valence electrons. The van der Waals surface area contributed by atoms with E-state index in [1.807, 2.05) is 43.3 Å². The minimum absolute atomic E-state index is 0.0104. The number of carbonyl (C=O) groups is 2. The Morgan fingerprint density at radius 2 is 1.66 bits per heavy atom. The first kappa shape index (κ1) is 20.0. The number of hydrogen-bond acceptors (Lipinski definition) is 6. The normalized spacial score (nSPS) is 17.9. The van der Waals surface area contributed by atoms with Crippen LogP contribution in [0.2, 0.25) is 0 Å². The number of ketones is 1. The maximum atomic E-state index is 13.2. The third kappa shape index (κ3) is 3.23. The van der Waals surface area contributed by atoms with Crippen LogP contribution < -0.4 is 4.90 Å². The molecule has 4 aromatic rings. The second kappa shape index (κ2) is 7.62. The zero-order chi connectivity index (χ0) is 22.4. The number of anilines is 1. The number of benzene rings is 3. The van der Waals surface area contributed by atoms with Gasteiger partial charge < -0.3 is 10.2 Å². The van der Waals surface area contributed by atoms with Crippen LogP contribution >= 0.6 is 11.3 Å². The van der Waals surface area contributed by atoms with Gasteiger partial charge in [0.05, 0.1) is 21.8 Å². The Hall–Kier alpha value is -3.97. The highest BCUT2D eigenvalue weighted by Crippen LogP contribution is 2.44. The first-order valence-electron chi connectivity index (χ1n) is 9.96. The van der Waals surface area contributed by atoms with Crippen LogP contribution in [0.1, 0.15) is 22.7 Å². The number of aliphatic hydroxyl groups is 1. The summed E-state index contributed by atoms with van der Waals surface area (Å²) in [4.78, 5) is 32.2. The van der Waals surface area contributed by atoms with Gasteiger partial charge in [-0.15, -0.1) is 0 Å². The average molecular weight is 442 g/mol. The van der Waals surface area contributed by atoms with Crippen molar-refractivity contribution in [2.45, 2.75) is 13.0 Å². The lowest BCUT2D eigenvalue weighted by atomic mass is 9.95. The predicted molar refractivity (Wildman–Crippen MR) is 124 cm³/mol. The maximum Gasteiger partial charge on any atom is 0.301 e. The van der Waals surface area contributed by atoms with Crippen LogP contribution in [-0.4, -0.2) is 26.9 Å². The van der Waals surface area contributed by atoms with Gasteiger partial charge in [-0.25, -0.2) is 4.98 Å². The summed E-state index contributed by atoms with van der Waals surface area (Å²) in [7, 11) is 0. The summed E-state index contributed by atoms with van der Waals surface area (Å²) in [5.41, 5.74) is 2.74. The van der Waals surface area contributed by atoms with Crippen LogP contribution in [0, 0.1) is 6.92 Å². The number of nitrogens with zero attached hydrogens (tertiary/aromatic N) is 2. The average Bonchev–Trinajstić information content (AvgIpc) is 3.33. The minimum atomic E-state index is -0.877. The second-order valence-electron chi connectivity index (χ2n) is 7.59. The van der Waals surface area contributed by atoms with Gasteiger partial charge in [0.2, 0.25) is 0 Å². The van der Waals surface area contributed by atoms with Crippen molar-refractivity contribution in [2.75, 3.05) is 4.90 Å². The number of aromatic nitrogens is 1. The molecule has 0 unspecified atom stereocenters. The molecule has 1 aliphatic heterocycles. The topological polar surface area (TPSA) is 90.7 Å². The predicted octanol–water partition coefficient (Wildman–Crippen LogP) is 4.94. The van der Waals surface area contributed by atoms with Crippen LogP contribution in [0.25, 0.3) is 16.0 Å². The highest BCUT2D eigenvalue weighted by Gasteiger charge is 2.48. The van der Waals surface area contributed by atoms with E-state index in [1.165, 1.54) is 28.4 Å². The number of amides is 1. The molecule has 5 rings (SSSR count). The third-order valence-electron chi connectivity index (χ3n) is 5.47. The Kier molecular flexibility index (Phi) is 4.75. The molecule has 0 aliphatic carbocycles. The number of carbonyl (C=O) groups excluding carboxylic acids is 2. The molecule has 1 aliphatic rings. The summed E-state index contributed by atoms with van der Waals surface area (Å²) >= 11 is 1.30. The van der Waals surface area contributed by atoms with E-state index in [9.17, 15) is 19.8 Å². The molecule has 1 amide bonds. The van der Waals surface area contributed by atoms with E-state index in [0.29, 0.717) is 16.3 Å². The molecule has 2 N–H and O–H groups in total. The molecule has 1 fully saturated rings. The summed E-state index contributed by atoms with van der Waals surface area (Å²) in [5.74, 6) is -1.72. The number of rotatable bonds is 3. The van der Waals surface area contributed by atoms with Crippen molar-refractivity contribution >= 4 is 44.1 Å². The molecule has 3 aromatic carbocycles. The summed E-state index contributed by atoms with van der Waals surface area (Å²) in [6, 6.07) is 19.9. The van der Waals surface area contributed by atoms with Gasteiger partial charge in [-0.1, -0.05) is 65.4 Å². The van der Waals surface area contributed by atoms with Gasteiger partial charge >= 0.3 is 5.91 Å². The van der Waals surface area contributed by atoms with Crippen LogP contribution in [0.5, 0.6) is 5.75 Å². The van der Waals surface area contributed by atoms with Crippen molar-refractivity contribution in [3.05, 3.63) is 95.1 Å². The van der Waals surface area contributed by atoms with E-state index in [4.69, 9.17) is 0 Å². The van der Waals surface area contributed by atoms with Gasteiger partial charge in [0.1, 0.15) is 11.5 Å². The summed E-state index contributed by atoms with van der Waals surface area (Å²) in [6.07, 6.45) is 0. The number of thiazole rings is 1. The molecular weight excluding hydrogens is 424 g/mol. The van der Waals surface area contributed by atoms with Gasteiger partial charge in [0, 0.05) is 5.56 Å². The van der Waals surface area contributed by atoms with Crippen LogP contribution in [0.15, 0.2) is 78.4 Å². The van der Waals surface area contributed by atoms with E-state index in [2.05, 4.69) is 4.98 Å².